The van der Waals surface area contributed by atoms with Crippen molar-refractivity contribution in [1.29, 1.82) is 5.26 Å². The van der Waals surface area contributed by atoms with Gasteiger partial charge in [-0.25, -0.2) is 4.79 Å². The second kappa shape index (κ2) is 3.72. The number of carboxylic acids is 1. The highest BCUT2D eigenvalue weighted by Crippen LogP contribution is 2.11. The van der Waals surface area contributed by atoms with Crippen LogP contribution in [-0.4, -0.2) is 11.1 Å². The Labute approximate surface area is 76.2 Å². The molecule has 0 aliphatic rings. The predicted octanol–water partition coefficient (Wildman–Crippen LogP) is 1.76. The number of hydrogen-bond donors (Lipinski definition) is 1. The minimum Gasteiger partial charge on any atom is -0.478 e. The van der Waals surface area contributed by atoms with E-state index in [1.165, 1.54) is 6.07 Å². The summed E-state index contributed by atoms with van der Waals surface area (Å²) in [4.78, 5) is 10.6. The Hall–Kier alpha value is -1.82. The molecule has 0 heterocycles. The van der Waals surface area contributed by atoms with Gasteiger partial charge in [0.05, 0.1) is 18.1 Å². The highest BCUT2D eigenvalue weighted by molar-refractivity contribution is 5.87. The zero-order valence-electron chi connectivity index (χ0n) is 7.24. The molecular formula is C10H9NO2. The van der Waals surface area contributed by atoms with E-state index in [0.29, 0.717) is 6.42 Å². The molecule has 13 heavy (non-hydrogen) atoms. The van der Waals surface area contributed by atoms with E-state index in [1.807, 2.05) is 6.07 Å². The summed E-state index contributed by atoms with van der Waals surface area (Å²) in [6.45, 7) is 1.80. The fraction of sp³-hybridized carbons (Fsp3) is 0.200. The Morgan fingerprint density at radius 2 is 2.31 bits per heavy atom. The SMILES string of the molecule is Cc1cc(C(=O)O)ccc1CC#N. The number of rotatable bonds is 2. The summed E-state index contributed by atoms with van der Waals surface area (Å²) in [6, 6.07) is 6.80. The van der Waals surface area contributed by atoms with Crippen LogP contribution in [0.15, 0.2) is 18.2 Å². The molecule has 0 saturated heterocycles. The van der Waals surface area contributed by atoms with Crippen molar-refractivity contribution in [2.45, 2.75) is 13.3 Å². The number of hydrogen-bond acceptors (Lipinski definition) is 2. The zero-order valence-corrected chi connectivity index (χ0v) is 7.24. The number of aromatic carboxylic acids is 1. The smallest absolute Gasteiger partial charge is 0.335 e. The summed E-state index contributed by atoms with van der Waals surface area (Å²) < 4.78 is 0. The molecule has 1 aromatic carbocycles. The van der Waals surface area contributed by atoms with Crippen LogP contribution in [0.1, 0.15) is 21.5 Å². The summed E-state index contributed by atoms with van der Waals surface area (Å²) in [5.74, 6) is -0.938. The molecule has 0 aliphatic heterocycles. The first kappa shape index (κ1) is 9.27. The third-order valence-electron chi connectivity index (χ3n) is 1.86. The molecule has 3 heteroatoms. The van der Waals surface area contributed by atoms with Crippen LogP contribution in [0.2, 0.25) is 0 Å². The lowest BCUT2D eigenvalue weighted by Gasteiger charge is -2.01. The van der Waals surface area contributed by atoms with Gasteiger partial charge in [-0.1, -0.05) is 6.07 Å². The average Bonchev–Trinajstić information content (AvgIpc) is 2.08. The van der Waals surface area contributed by atoms with Gasteiger partial charge in [0.2, 0.25) is 0 Å². The quantitative estimate of drug-likeness (QED) is 0.744. The Bertz CT molecular complexity index is 377. The molecule has 0 radical (unpaired) electrons. The Balaban J connectivity index is 3.07. The standard InChI is InChI=1S/C10H9NO2/c1-7-6-9(10(12)13)3-2-8(7)4-5-11/h2-3,6H,4H2,1H3,(H,12,13). The third-order valence-corrected chi connectivity index (χ3v) is 1.86. The first-order valence-electron chi connectivity index (χ1n) is 3.85. The molecule has 66 valence electrons. The minimum absolute atomic E-state index is 0.263. The molecule has 0 aromatic heterocycles. The van der Waals surface area contributed by atoms with Gasteiger partial charge in [0.25, 0.3) is 0 Å². The lowest BCUT2D eigenvalue weighted by atomic mass is 10.0. The van der Waals surface area contributed by atoms with Crippen LogP contribution in [0, 0.1) is 18.3 Å². The molecule has 1 rings (SSSR count). The first-order chi connectivity index (χ1) is 6.15. The molecule has 0 atom stereocenters. The van der Waals surface area contributed by atoms with E-state index in [4.69, 9.17) is 10.4 Å². The highest BCUT2D eigenvalue weighted by atomic mass is 16.4. The summed E-state index contributed by atoms with van der Waals surface area (Å²) in [7, 11) is 0. The number of carbonyl (C=O) groups is 1. The number of nitriles is 1. The summed E-state index contributed by atoms with van der Waals surface area (Å²) in [5, 5.41) is 17.1. The van der Waals surface area contributed by atoms with E-state index in [9.17, 15) is 4.79 Å². The number of nitrogens with zero attached hydrogens (tertiary/aromatic N) is 1. The molecule has 0 bridgehead atoms. The molecular weight excluding hydrogens is 166 g/mol. The van der Waals surface area contributed by atoms with Crippen LogP contribution in [0.5, 0.6) is 0 Å². The van der Waals surface area contributed by atoms with Gasteiger partial charge < -0.3 is 5.11 Å². The number of benzene rings is 1. The predicted molar refractivity (Wildman–Crippen MR) is 47.5 cm³/mol. The lowest BCUT2D eigenvalue weighted by Crippen LogP contribution is -1.98. The van der Waals surface area contributed by atoms with Gasteiger partial charge in [0.1, 0.15) is 0 Å². The van der Waals surface area contributed by atoms with Crippen LogP contribution in [-0.2, 0) is 6.42 Å². The molecule has 1 aromatic rings. The minimum atomic E-state index is -0.938. The normalized spacial score (nSPS) is 9.23. The van der Waals surface area contributed by atoms with Gasteiger partial charge in [-0.05, 0) is 30.2 Å². The molecule has 0 fully saturated rings. The fourth-order valence-electron chi connectivity index (χ4n) is 1.11. The molecule has 0 unspecified atom stereocenters. The Morgan fingerprint density at radius 1 is 1.62 bits per heavy atom. The topological polar surface area (TPSA) is 61.1 Å². The Morgan fingerprint density at radius 3 is 2.77 bits per heavy atom. The third kappa shape index (κ3) is 2.06. The van der Waals surface area contributed by atoms with Gasteiger partial charge in [0, 0.05) is 0 Å². The van der Waals surface area contributed by atoms with Crippen molar-refractivity contribution in [2.75, 3.05) is 0 Å². The summed E-state index contributed by atoms with van der Waals surface area (Å²) in [6.07, 6.45) is 0.325. The van der Waals surface area contributed by atoms with E-state index in [2.05, 4.69) is 0 Å². The van der Waals surface area contributed by atoms with Crippen molar-refractivity contribution in [1.82, 2.24) is 0 Å². The van der Waals surface area contributed by atoms with E-state index < -0.39 is 5.97 Å². The maximum absolute atomic E-state index is 10.6. The second-order valence-electron chi connectivity index (χ2n) is 2.78. The maximum atomic E-state index is 10.6. The molecule has 0 spiro atoms. The summed E-state index contributed by atoms with van der Waals surface area (Å²) >= 11 is 0. The maximum Gasteiger partial charge on any atom is 0.335 e. The summed E-state index contributed by atoms with van der Waals surface area (Å²) in [5.41, 5.74) is 1.99. The van der Waals surface area contributed by atoms with Gasteiger partial charge >= 0.3 is 5.97 Å². The van der Waals surface area contributed by atoms with Crippen molar-refractivity contribution >= 4 is 5.97 Å². The van der Waals surface area contributed by atoms with E-state index in [1.54, 1.807) is 19.1 Å². The van der Waals surface area contributed by atoms with Crippen molar-refractivity contribution in [2.24, 2.45) is 0 Å². The van der Waals surface area contributed by atoms with Crippen LogP contribution < -0.4 is 0 Å². The largest absolute Gasteiger partial charge is 0.478 e. The number of aryl methyl sites for hydroxylation is 1. The van der Waals surface area contributed by atoms with E-state index in [0.717, 1.165) is 11.1 Å². The average molecular weight is 175 g/mol. The van der Waals surface area contributed by atoms with Crippen LogP contribution in [0.25, 0.3) is 0 Å². The monoisotopic (exact) mass is 175 g/mol. The van der Waals surface area contributed by atoms with Crippen LogP contribution in [0.3, 0.4) is 0 Å². The zero-order chi connectivity index (χ0) is 9.84. The molecule has 0 aliphatic carbocycles. The first-order valence-corrected chi connectivity index (χ1v) is 3.85. The van der Waals surface area contributed by atoms with Gasteiger partial charge in [-0.15, -0.1) is 0 Å². The van der Waals surface area contributed by atoms with Gasteiger partial charge in [-0.3, -0.25) is 0 Å². The van der Waals surface area contributed by atoms with Crippen molar-refractivity contribution in [3.63, 3.8) is 0 Å². The van der Waals surface area contributed by atoms with Crippen LogP contribution >= 0.6 is 0 Å². The van der Waals surface area contributed by atoms with Crippen molar-refractivity contribution in [3.8, 4) is 6.07 Å². The molecule has 0 saturated carbocycles. The van der Waals surface area contributed by atoms with Gasteiger partial charge in [0.15, 0.2) is 0 Å². The lowest BCUT2D eigenvalue weighted by molar-refractivity contribution is 0.0697. The fourth-order valence-corrected chi connectivity index (χ4v) is 1.11. The molecule has 1 N–H and O–H groups in total. The van der Waals surface area contributed by atoms with Crippen LogP contribution in [0.4, 0.5) is 0 Å². The van der Waals surface area contributed by atoms with Crippen molar-refractivity contribution < 1.29 is 9.90 Å². The van der Waals surface area contributed by atoms with E-state index in [-0.39, 0.29) is 5.56 Å². The Kier molecular flexibility index (Phi) is 2.65. The number of carboxylic acid groups (broad SMARTS) is 1. The highest BCUT2D eigenvalue weighted by Gasteiger charge is 2.04. The van der Waals surface area contributed by atoms with Gasteiger partial charge in [-0.2, -0.15) is 5.26 Å². The second-order valence-corrected chi connectivity index (χ2v) is 2.78. The molecule has 0 amide bonds. The van der Waals surface area contributed by atoms with E-state index >= 15 is 0 Å². The van der Waals surface area contributed by atoms with Crippen molar-refractivity contribution in [3.05, 3.63) is 34.9 Å². The molecule has 3 nitrogen and oxygen atoms in total.